The van der Waals surface area contributed by atoms with Crippen LogP contribution in [0, 0.1) is 0 Å². The number of benzene rings is 2. The van der Waals surface area contributed by atoms with Gasteiger partial charge in [0.2, 0.25) is 11.8 Å². The molecule has 0 unspecified atom stereocenters. The van der Waals surface area contributed by atoms with Crippen LogP contribution >= 0.6 is 24.2 Å². The van der Waals surface area contributed by atoms with E-state index in [2.05, 4.69) is 6.92 Å². The van der Waals surface area contributed by atoms with Crippen LogP contribution in [0.2, 0.25) is 0 Å². The number of carbonyl (C=O) groups is 3. The van der Waals surface area contributed by atoms with Gasteiger partial charge in [-0.3, -0.25) is 14.4 Å². The maximum absolute atomic E-state index is 13.0. The van der Waals surface area contributed by atoms with Crippen LogP contribution < -0.4 is 16.4 Å². The molecule has 166 valence electrons. The summed E-state index contributed by atoms with van der Waals surface area (Å²) < 4.78 is 0. The Labute approximate surface area is 193 Å². The number of primary amides is 1. The molecule has 3 rings (SSSR count). The lowest BCUT2D eigenvalue weighted by Gasteiger charge is -2.25. The lowest BCUT2D eigenvalue weighted by atomic mass is 10.0. The molecule has 0 radical (unpaired) electrons. The Morgan fingerprint density at radius 2 is 1.77 bits per heavy atom. The minimum Gasteiger partial charge on any atom is -0.366 e. The van der Waals surface area contributed by atoms with E-state index < -0.39 is 11.9 Å². The fraction of sp³-hybridized carbons (Fsp3) is 0.348. The molecule has 0 bridgehead atoms. The Balaban J connectivity index is 0.00000341. The topological polar surface area (TPSA) is 106 Å². The molecule has 0 fully saturated rings. The van der Waals surface area contributed by atoms with Crippen LogP contribution in [-0.2, 0) is 11.3 Å². The summed E-state index contributed by atoms with van der Waals surface area (Å²) in [6.45, 7) is 2.40. The third kappa shape index (κ3) is 6.09. The van der Waals surface area contributed by atoms with Crippen molar-refractivity contribution in [3.63, 3.8) is 0 Å². The van der Waals surface area contributed by atoms with Crippen molar-refractivity contribution in [2.24, 2.45) is 11.5 Å². The number of halogens is 1. The average molecular weight is 462 g/mol. The monoisotopic (exact) mass is 461 g/mol. The molecule has 8 heteroatoms. The first-order valence-electron chi connectivity index (χ1n) is 10.2. The molecule has 0 saturated heterocycles. The molecule has 2 aromatic carbocycles. The zero-order valence-corrected chi connectivity index (χ0v) is 19.1. The predicted molar refractivity (Wildman–Crippen MR) is 127 cm³/mol. The van der Waals surface area contributed by atoms with E-state index in [1.54, 1.807) is 29.2 Å². The standard InChI is InChI=1S/C23H27N3O3S.ClH/c1-2-3-4-5-20(27)17-10-11-21-19(12-17)26(23(29)18(24)14-30-21)13-15-6-8-16(9-7-15)22(25)28;/h6-12,18H,2-5,13-14,24H2,1H3,(H2,25,28);1H/t18-;/m0./s1. The number of fused-ring (bicyclic) bond motifs is 1. The number of Topliss-reactive ketones (excluding diaryl/α,β-unsaturated/α-hetero) is 1. The highest BCUT2D eigenvalue weighted by atomic mass is 35.5. The van der Waals surface area contributed by atoms with E-state index in [1.165, 1.54) is 11.8 Å². The van der Waals surface area contributed by atoms with Gasteiger partial charge < -0.3 is 16.4 Å². The van der Waals surface area contributed by atoms with Crippen molar-refractivity contribution in [1.29, 1.82) is 0 Å². The number of rotatable bonds is 8. The number of hydrogen-bond acceptors (Lipinski definition) is 5. The van der Waals surface area contributed by atoms with Crippen molar-refractivity contribution in [2.75, 3.05) is 10.7 Å². The first-order chi connectivity index (χ1) is 14.4. The molecule has 0 saturated carbocycles. The van der Waals surface area contributed by atoms with Crippen LogP contribution in [0.3, 0.4) is 0 Å². The molecule has 1 heterocycles. The highest BCUT2D eigenvalue weighted by Crippen LogP contribution is 2.36. The normalized spacial score (nSPS) is 15.6. The zero-order valence-electron chi connectivity index (χ0n) is 17.5. The van der Waals surface area contributed by atoms with Gasteiger partial charge in [0.15, 0.2) is 5.78 Å². The molecule has 0 aliphatic carbocycles. The summed E-state index contributed by atoms with van der Waals surface area (Å²) in [4.78, 5) is 39.5. The van der Waals surface area contributed by atoms with Gasteiger partial charge in [0.05, 0.1) is 18.3 Å². The average Bonchev–Trinajstić information content (AvgIpc) is 2.86. The molecule has 2 amide bonds. The van der Waals surface area contributed by atoms with E-state index in [4.69, 9.17) is 11.5 Å². The van der Waals surface area contributed by atoms with Gasteiger partial charge in [-0.1, -0.05) is 38.0 Å². The first kappa shape index (κ1) is 24.9. The van der Waals surface area contributed by atoms with Crippen LogP contribution in [0.5, 0.6) is 0 Å². The molecule has 4 N–H and O–H groups in total. The summed E-state index contributed by atoms with van der Waals surface area (Å²) in [7, 11) is 0. The van der Waals surface area contributed by atoms with Crippen LogP contribution in [0.25, 0.3) is 0 Å². The van der Waals surface area contributed by atoms with E-state index >= 15 is 0 Å². The van der Waals surface area contributed by atoms with Gasteiger partial charge in [-0.05, 0) is 36.2 Å². The second-order valence-electron chi connectivity index (χ2n) is 7.47. The molecule has 6 nitrogen and oxygen atoms in total. The van der Waals surface area contributed by atoms with Gasteiger partial charge >= 0.3 is 0 Å². The Kier molecular flexibility index (Phi) is 9.10. The third-order valence-electron chi connectivity index (χ3n) is 5.16. The van der Waals surface area contributed by atoms with E-state index in [0.717, 1.165) is 29.7 Å². The Hall–Kier alpha value is -2.35. The maximum atomic E-state index is 13.0. The second-order valence-corrected chi connectivity index (χ2v) is 8.53. The fourth-order valence-corrected chi connectivity index (χ4v) is 4.38. The van der Waals surface area contributed by atoms with Gasteiger partial charge in [-0.25, -0.2) is 0 Å². The summed E-state index contributed by atoms with van der Waals surface area (Å²) in [5, 5.41) is 0. The molecule has 2 aromatic rings. The number of amides is 2. The summed E-state index contributed by atoms with van der Waals surface area (Å²) in [5.74, 6) is -0.117. The molecule has 31 heavy (non-hydrogen) atoms. The Morgan fingerprint density at radius 1 is 1.10 bits per heavy atom. The van der Waals surface area contributed by atoms with E-state index in [-0.39, 0.29) is 24.1 Å². The van der Waals surface area contributed by atoms with Crippen LogP contribution in [-0.4, -0.2) is 29.4 Å². The molecule has 0 aromatic heterocycles. The Bertz CT molecular complexity index is 950. The van der Waals surface area contributed by atoms with E-state index in [9.17, 15) is 14.4 Å². The number of carbonyl (C=O) groups excluding carboxylic acids is 3. The number of thioether (sulfide) groups is 1. The minimum atomic E-state index is -0.629. The van der Waals surface area contributed by atoms with Gasteiger partial charge in [-0.2, -0.15) is 0 Å². The lowest BCUT2D eigenvalue weighted by molar-refractivity contribution is -0.119. The third-order valence-corrected chi connectivity index (χ3v) is 6.34. The highest BCUT2D eigenvalue weighted by molar-refractivity contribution is 7.99. The number of nitrogens with two attached hydrogens (primary N) is 2. The quantitative estimate of drug-likeness (QED) is 0.457. The molecule has 1 aliphatic heterocycles. The van der Waals surface area contributed by atoms with Crippen LogP contribution in [0.1, 0.15) is 58.9 Å². The zero-order chi connectivity index (χ0) is 21.7. The van der Waals surface area contributed by atoms with Gasteiger partial charge in [0.1, 0.15) is 0 Å². The molecule has 0 spiro atoms. The SMILES string of the molecule is CCCCCC(=O)c1ccc2c(c1)N(Cc1ccc(C(N)=O)cc1)C(=O)[C@@H](N)CS2.Cl. The van der Waals surface area contributed by atoms with Crippen LogP contribution in [0.4, 0.5) is 5.69 Å². The summed E-state index contributed by atoms with van der Waals surface area (Å²) in [5.41, 5.74) is 14.0. The number of anilines is 1. The van der Waals surface area contributed by atoms with Gasteiger partial charge in [0.25, 0.3) is 0 Å². The van der Waals surface area contributed by atoms with Crippen molar-refractivity contribution >= 4 is 47.5 Å². The summed E-state index contributed by atoms with van der Waals surface area (Å²) >= 11 is 1.52. The van der Waals surface area contributed by atoms with Crippen molar-refractivity contribution in [2.45, 2.75) is 50.1 Å². The number of hydrogen-bond donors (Lipinski definition) is 2. The summed E-state index contributed by atoms with van der Waals surface area (Å²) in [6.07, 6.45) is 3.44. The van der Waals surface area contributed by atoms with Gasteiger partial charge in [0, 0.05) is 28.2 Å². The lowest BCUT2D eigenvalue weighted by Crippen LogP contribution is -2.44. The van der Waals surface area contributed by atoms with Crippen molar-refractivity contribution in [1.82, 2.24) is 0 Å². The maximum Gasteiger partial charge on any atom is 0.248 e. The smallest absolute Gasteiger partial charge is 0.248 e. The number of nitrogens with zero attached hydrogens (tertiary/aromatic N) is 1. The predicted octanol–water partition coefficient (Wildman–Crippen LogP) is 3.94. The van der Waals surface area contributed by atoms with Crippen molar-refractivity contribution in [3.05, 3.63) is 59.2 Å². The fourth-order valence-electron chi connectivity index (χ4n) is 3.39. The molecule has 1 aliphatic rings. The van der Waals surface area contributed by atoms with Crippen molar-refractivity contribution < 1.29 is 14.4 Å². The van der Waals surface area contributed by atoms with Crippen molar-refractivity contribution in [3.8, 4) is 0 Å². The minimum absolute atomic E-state index is 0. The van der Waals surface area contributed by atoms with E-state index in [1.807, 2.05) is 18.2 Å². The first-order valence-corrected chi connectivity index (χ1v) is 11.1. The highest BCUT2D eigenvalue weighted by Gasteiger charge is 2.29. The Morgan fingerprint density at radius 3 is 2.42 bits per heavy atom. The molecular weight excluding hydrogens is 434 g/mol. The second kappa shape index (κ2) is 11.3. The number of ketones is 1. The summed E-state index contributed by atoms with van der Waals surface area (Å²) in [6, 6.07) is 11.8. The number of unbranched alkanes of at least 4 members (excludes halogenated alkanes) is 2. The molecular formula is C23H28ClN3O3S. The van der Waals surface area contributed by atoms with Crippen LogP contribution in [0.15, 0.2) is 47.4 Å². The molecule has 1 atom stereocenters. The van der Waals surface area contributed by atoms with Gasteiger partial charge in [-0.15, -0.1) is 24.2 Å². The largest absolute Gasteiger partial charge is 0.366 e. The van der Waals surface area contributed by atoms with E-state index in [0.29, 0.717) is 35.5 Å².